The van der Waals surface area contributed by atoms with Crippen LogP contribution >= 0.6 is 22.6 Å². The van der Waals surface area contributed by atoms with Crippen molar-refractivity contribution in [2.24, 2.45) is 0 Å². The van der Waals surface area contributed by atoms with E-state index in [4.69, 9.17) is 0 Å². The lowest BCUT2D eigenvalue weighted by atomic mass is 9.98. The Kier molecular flexibility index (Phi) is 6.06. The number of aromatic nitrogens is 1. The number of likely N-dealkylation sites (tertiary alicyclic amines) is 1. The molecule has 3 fully saturated rings. The van der Waals surface area contributed by atoms with E-state index >= 15 is 0 Å². The van der Waals surface area contributed by atoms with Gasteiger partial charge in [0.1, 0.15) is 28.1 Å². The molecule has 3 aliphatic rings. The van der Waals surface area contributed by atoms with E-state index in [-0.39, 0.29) is 18.7 Å². The molecule has 2 saturated carbocycles. The summed E-state index contributed by atoms with van der Waals surface area (Å²) >= 11 is 1.90. The van der Waals surface area contributed by atoms with E-state index in [1.54, 1.807) is 0 Å². The number of nitrogens with zero attached hydrogens (tertiary/aromatic N) is 3. The molecule has 8 nitrogen and oxygen atoms in total. The monoisotopic (exact) mass is 626 g/mol. The van der Waals surface area contributed by atoms with Gasteiger partial charge < -0.3 is 10.2 Å². The third kappa shape index (κ3) is 4.15. The van der Waals surface area contributed by atoms with Crippen LogP contribution in [0.25, 0.3) is 0 Å². The summed E-state index contributed by atoms with van der Waals surface area (Å²) in [6.45, 7) is -0.360. The number of amides is 2. The molecule has 5 rings (SSSR count). The van der Waals surface area contributed by atoms with E-state index in [0.717, 1.165) is 17.0 Å². The van der Waals surface area contributed by atoms with E-state index in [9.17, 15) is 32.0 Å². The highest BCUT2D eigenvalue weighted by Gasteiger charge is 2.60. The van der Waals surface area contributed by atoms with Crippen LogP contribution in [0.3, 0.4) is 0 Å². The minimum Gasteiger partial charge on any atom is -0.336 e. The molecule has 2 aliphatic carbocycles. The van der Waals surface area contributed by atoms with Gasteiger partial charge in [-0.15, -0.1) is 0 Å². The molecule has 2 amide bonds. The number of nitrogens with one attached hydrogen (secondary N) is 1. The lowest BCUT2D eigenvalue weighted by molar-refractivity contribution is -0.140. The van der Waals surface area contributed by atoms with Crippen molar-refractivity contribution in [2.45, 2.75) is 59.2 Å². The Hall–Kier alpha value is -2.66. The molecule has 1 N–H and O–H groups in total. The van der Waals surface area contributed by atoms with Crippen LogP contribution in [0.15, 0.2) is 41.4 Å². The predicted octanol–water partition coefficient (Wildman–Crippen LogP) is 2.61. The first-order valence-electron chi connectivity index (χ1n) is 11.4. The molecule has 1 aliphatic heterocycles. The van der Waals surface area contributed by atoms with Crippen molar-refractivity contribution in [3.8, 4) is 6.07 Å². The highest BCUT2D eigenvalue weighted by Crippen LogP contribution is 2.51. The quantitative estimate of drug-likeness (QED) is 0.493. The zero-order chi connectivity index (χ0) is 25.9. The molecule has 2 aromatic rings. The number of nitriles is 1. The SMILES string of the molecule is N#CC1(NC(=O)C2CC(S(=O)(=O)c3ccccc3F)CN2C(=O)C2(c3ncc(I)cc3F)CC2)CC1. The normalized spacial score (nSPS) is 23.6. The minimum atomic E-state index is -4.24. The molecule has 0 spiro atoms. The summed E-state index contributed by atoms with van der Waals surface area (Å²) in [6, 6.07) is 7.04. The number of halogens is 3. The van der Waals surface area contributed by atoms with Crippen LogP contribution in [0.4, 0.5) is 8.78 Å². The molecule has 1 aromatic carbocycles. The first-order valence-corrected chi connectivity index (χ1v) is 14.0. The highest BCUT2D eigenvalue weighted by molar-refractivity contribution is 14.1. The summed E-state index contributed by atoms with van der Waals surface area (Å²) in [5.74, 6) is -2.82. The van der Waals surface area contributed by atoms with Crippen molar-refractivity contribution in [2.75, 3.05) is 6.54 Å². The van der Waals surface area contributed by atoms with E-state index in [1.807, 2.05) is 28.7 Å². The summed E-state index contributed by atoms with van der Waals surface area (Å²) < 4.78 is 56.4. The zero-order valence-electron chi connectivity index (χ0n) is 18.9. The van der Waals surface area contributed by atoms with Crippen molar-refractivity contribution >= 4 is 44.2 Å². The lowest BCUT2D eigenvalue weighted by Crippen LogP contribution is -2.52. The third-order valence-corrected chi connectivity index (χ3v) is 9.91. The second-order valence-electron chi connectivity index (χ2n) is 9.56. The topological polar surface area (TPSA) is 120 Å². The molecule has 1 saturated heterocycles. The molecule has 0 radical (unpaired) electrons. The number of hydrogen-bond donors (Lipinski definition) is 1. The van der Waals surface area contributed by atoms with Crippen molar-refractivity contribution in [1.29, 1.82) is 5.26 Å². The Balaban J connectivity index is 1.50. The van der Waals surface area contributed by atoms with Crippen molar-refractivity contribution in [1.82, 2.24) is 15.2 Å². The van der Waals surface area contributed by atoms with Gasteiger partial charge in [-0.2, -0.15) is 5.26 Å². The van der Waals surface area contributed by atoms with Crippen LogP contribution < -0.4 is 5.32 Å². The number of carbonyl (C=O) groups excluding carboxylic acids is 2. The fourth-order valence-corrected chi connectivity index (χ4v) is 6.95. The molecular weight excluding hydrogens is 605 g/mol. The summed E-state index contributed by atoms with van der Waals surface area (Å²) in [5, 5.41) is 10.8. The third-order valence-electron chi connectivity index (χ3n) is 7.16. The van der Waals surface area contributed by atoms with Gasteiger partial charge in [0.15, 0.2) is 9.84 Å². The van der Waals surface area contributed by atoms with Crippen molar-refractivity contribution in [3.63, 3.8) is 0 Å². The Morgan fingerprint density at radius 1 is 1.17 bits per heavy atom. The maximum absolute atomic E-state index is 14.8. The number of hydrogen-bond acceptors (Lipinski definition) is 6. The fourth-order valence-electron chi connectivity index (χ4n) is 4.78. The highest BCUT2D eigenvalue weighted by atomic mass is 127. The van der Waals surface area contributed by atoms with Gasteiger partial charge in [-0.05, 0) is 72.9 Å². The Morgan fingerprint density at radius 3 is 2.44 bits per heavy atom. The van der Waals surface area contributed by atoms with Gasteiger partial charge in [0, 0.05) is 16.3 Å². The average Bonchev–Trinajstić information content (AvgIpc) is 3.75. The summed E-state index contributed by atoms with van der Waals surface area (Å²) in [5.41, 5.74) is -2.37. The number of rotatable bonds is 6. The molecule has 36 heavy (non-hydrogen) atoms. The lowest BCUT2D eigenvalue weighted by Gasteiger charge is -2.28. The van der Waals surface area contributed by atoms with Gasteiger partial charge in [-0.25, -0.2) is 17.2 Å². The second kappa shape index (κ2) is 8.72. The van der Waals surface area contributed by atoms with Gasteiger partial charge >= 0.3 is 0 Å². The predicted molar refractivity (Wildman–Crippen MR) is 131 cm³/mol. The fraction of sp³-hybridized carbons (Fsp3) is 0.417. The molecule has 12 heteroatoms. The Labute approximate surface area is 220 Å². The molecule has 2 unspecified atom stereocenters. The largest absolute Gasteiger partial charge is 0.336 e. The standard InChI is InChI=1S/C24H21F2IN4O4S/c25-16-3-1-2-4-19(16)36(34,35)15-10-18(21(32)30-23(13-28)5-6-23)31(12-15)22(33)24(7-8-24)20-17(26)9-14(27)11-29-20/h1-4,9,11,15,18H,5-8,10,12H2,(H,30,32). The van der Waals surface area contributed by atoms with E-state index < -0.39 is 60.4 Å². The van der Waals surface area contributed by atoms with E-state index in [0.29, 0.717) is 29.3 Å². The Morgan fingerprint density at radius 2 is 1.86 bits per heavy atom. The van der Waals surface area contributed by atoms with Crippen LogP contribution in [0.5, 0.6) is 0 Å². The summed E-state index contributed by atoms with van der Waals surface area (Å²) in [7, 11) is -4.24. The maximum atomic E-state index is 14.8. The maximum Gasteiger partial charge on any atom is 0.244 e. The van der Waals surface area contributed by atoms with Gasteiger partial charge in [0.2, 0.25) is 11.8 Å². The van der Waals surface area contributed by atoms with Gasteiger partial charge in [0.05, 0.1) is 22.4 Å². The van der Waals surface area contributed by atoms with E-state index in [2.05, 4.69) is 10.3 Å². The van der Waals surface area contributed by atoms with Crippen LogP contribution in [0.1, 0.15) is 37.8 Å². The first kappa shape index (κ1) is 25.0. The molecule has 1 aromatic heterocycles. The number of sulfone groups is 1. The molecule has 2 atom stereocenters. The molecule has 2 heterocycles. The number of carbonyl (C=O) groups is 2. The van der Waals surface area contributed by atoms with Crippen LogP contribution in [0, 0.1) is 26.5 Å². The number of benzene rings is 1. The molecular formula is C24H21F2IN4O4S. The number of pyridine rings is 1. The summed E-state index contributed by atoms with van der Waals surface area (Å²) in [6.07, 6.45) is 2.68. The molecule has 0 bridgehead atoms. The summed E-state index contributed by atoms with van der Waals surface area (Å²) in [4.78, 5) is 31.8. The van der Waals surface area contributed by atoms with Crippen molar-refractivity contribution < 1.29 is 26.8 Å². The smallest absolute Gasteiger partial charge is 0.244 e. The Bertz CT molecular complexity index is 1420. The second-order valence-corrected chi connectivity index (χ2v) is 13.0. The van der Waals surface area contributed by atoms with Crippen LogP contribution in [0.2, 0.25) is 0 Å². The van der Waals surface area contributed by atoms with Gasteiger partial charge in [0.25, 0.3) is 0 Å². The minimum absolute atomic E-state index is 0.0387. The van der Waals surface area contributed by atoms with E-state index in [1.165, 1.54) is 24.4 Å². The van der Waals surface area contributed by atoms with Crippen molar-refractivity contribution in [3.05, 3.63) is 57.4 Å². The molecule has 188 valence electrons. The van der Waals surface area contributed by atoms with Gasteiger partial charge in [-0.3, -0.25) is 14.6 Å². The zero-order valence-corrected chi connectivity index (χ0v) is 21.9. The van der Waals surface area contributed by atoms with Crippen LogP contribution in [-0.2, 0) is 24.8 Å². The van der Waals surface area contributed by atoms with Crippen LogP contribution in [-0.4, -0.2) is 53.5 Å². The first-order chi connectivity index (χ1) is 17.0. The average molecular weight is 626 g/mol. The van der Waals surface area contributed by atoms with Gasteiger partial charge in [-0.1, -0.05) is 12.1 Å².